The lowest BCUT2D eigenvalue weighted by Gasteiger charge is -2.21. The fraction of sp³-hybridized carbons (Fsp3) is 0.148. The maximum atomic E-state index is 13.0. The highest BCUT2D eigenvalue weighted by molar-refractivity contribution is 6.31. The van der Waals surface area contributed by atoms with Gasteiger partial charge in [0.1, 0.15) is 11.5 Å². The summed E-state index contributed by atoms with van der Waals surface area (Å²) < 4.78 is 6.70. The number of aliphatic carboxylic acids is 1. The summed E-state index contributed by atoms with van der Waals surface area (Å²) in [6.07, 6.45) is 0.974. The number of nitrogens with one attached hydrogen (secondary N) is 2. The standard InChI is InChI=1S/C27H24ClN3O6/c1-37-23-11-10-18(17-7-3-4-8-19(17)23)21(14-24(33)34)29-27(36)30-25-22(32)12-13-31(26(25)35)15-16-6-2-5-9-20(16)28/h2-13,21,32H,14-15H2,1H3,(H,33,34)(H2,29,30,36). The van der Waals surface area contributed by atoms with Crippen LogP contribution in [-0.4, -0.2) is 33.9 Å². The Hall–Kier alpha value is -4.50. The second-order valence-corrected chi connectivity index (χ2v) is 8.66. The van der Waals surface area contributed by atoms with Gasteiger partial charge in [-0.15, -0.1) is 0 Å². The molecule has 3 aromatic carbocycles. The summed E-state index contributed by atoms with van der Waals surface area (Å²) in [4.78, 5) is 37.6. The van der Waals surface area contributed by atoms with Crippen LogP contribution in [0.25, 0.3) is 10.8 Å². The summed E-state index contributed by atoms with van der Waals surface area (Å²) in [6, 6.07) is 17.1. The molecule has 1 aromatic heterocycles. The Balaban J connectivity index is 1.62. The van der Waals surface area contributed by atoms with Crippen molar-refractivity contribution in [2.24, 2.45) is 0 Å². The molecule has 4 rings (SSSR count). The summed E-state index contributed by atoms with van der Waals surface area (Å²) in [5.41, 5.74) is 0.239. The van der Waals surface area contributed by atoms with Gasteiger partial charge < -0.3 is 30.2 Å². The number of rotatable bonds is 8. The van der Waals surface area contributed by atoms with Crippen LogP contribution in [0.2, 0.25) is 5.02 Å². The summed E-state index contributed by atoms with van der Waals surface area (Å²) in [7, 11) is 1.53. The third-order valence-corrected chi connectivity index (χ3v) is 6.25. The normalized spacial score (nSPS) is 11.6. The number of anilines is 1. The highest BCUT2D eigenvalue weighted by Crippen LogP contribution is 2.33. The number of halogens is 1. The van der Waals surface area contributed by atoms with E-state index in [4.69, 9.17) is 16.3 Å². The number of carbonyl (C=O) groups excluding carboxylic acids is 1. The van der Waals surface area contributed by atoms with Crippen molar-refractivity contribution in [1.82, 2.24) is 9.88 Å². The van der Waals surface area contributed by atoms with Crippen LogP contribution >= 0.6 is 11.6 Å². The van der Waals surface area contributed by atoms with Gasteiger partial charge in [0, 0.05) is 16.6 Å². The Morgan fingerprint density at radius 1 is 1.03 bits per heavy atom. The van der Waals surface area contributed by atoms with Crippen molar-refractivity contribution in [3.05, 3.63) is 99.4 Å². The molecule has 1 heterocycles. The third-order valence-electron chi connectivity index (χ3n) is 5.88. The fourth-order valence-corrected chi connectivity index (χ4v) is 4.31. The van der Waals surface area contributed by atoms with Crippen molar-refractivity contribution in [3.8, 4) is 11.5 Å². The van der Waals surface area contributed by atoms with E-state index < -0.39 is 35.8 Å². The zero-order chi connectivity index (χ0) is 26.5. The SMILES string of the molecule is COc1ccc(C(CC(=O)O)NC(=O)Nc2c(O)ccn(Cc3ccccc3Cl)c2=O)c2ccccc12. The van der Waals surface area contributed by atoms with Crippen molar-refractivity contribution < 1.29 is 24.5 Å². The number of hydrogen-bond acceptors (Lipinski definition) is 5. The van der Waals surface area contributed by atoms with E-state index in [1.165, 1.54) is 23.9 Å². The molecule has 0 aliphatic heterocycles. The quantitative estimate of drug-likeness (QED) is 0.264. The molecule has 0 bridgehead atoms. The number of benzene rings is 3. The van der Waals surface area contributed by atoms with E-state index in [1.54, 1.807) is 48.5 Å². The van der Waals surface area contributed by atoms with E-state index in [2.05, 4.69) is 10.6 Å². The maximum absolute atomic E-state index is 13.0. The molecule has 9 nitrogen and oxygen atoms in total. The second kappa shape index (κ2) is 11.0. The fourth-order valence-electron chi connectivity index (χ4n) is 4.11. The van der Waals surface area contributed by atoms with Gasteiger partial charge >= 0.3 is 12.0 Å². The monoisotopic (exact) mass is 521 g/mol. The van der Waals surface area contributed by atoms with Crippen molar-refractivity contribution >= 4 is 40.1 Å². The van der Waals surface area contributed by atoms with Crippen LogP contribution in [0.4, 0.5) is 10.5 Å². The molecule has 0 radical (unpaired) electrons. The first-order valence-electron chi connectivity index (χ1n) is 11.3. The highest BCUT2D eigenvalue weighted by Gasteiger charge is 2.23. The number of hydrogen-bond donors (Lipinski definition) is 4. The van der Waals surface area contributed by atoms with Crippen LogP contribution in [0, 0.1) is 0 Å². The summed E-state index contributed by atoms with van der Waals surface area (Å²) >= 11 is 6.20. The molecular formula is C27H24ClN3O6. The molecule has 10 heteroatoms. The largest absolute Gasteiger partial charge is 0.505 e. The number of methoxy groups -OCH3 is 1. The third kappa shape index (κ3) is 5.68. The minimum Gasteiger partial charge on any atom is -0.505 e. The van der Waals surface area contributed by atoms with Crippen molar-refractivity contribution in [1.29, 1.82) is 0 Å². The molecular weight excluding hydrogens is 498 g/mol. The second-order valence-electron chi connectivity index (χ2n) is 8.25. The number of carboxylic acids is 1. The number of carbonyl (C=O) groups is 2. The van der Waals surface area contributed by atoms with Crippen LogP contribution in [0.15, 0.2) is 77.7 Å². The average molecular weight is 522 g/mol. The van der Waals surface area contributed by atoms with E-state index in [0.29, 0.717) is 27.3 Å². The van der Waals surface area contributed by atoms with E-state index in [0.717, 1.165) is 5.39 Å². The van der Waals surface area contributed by atoms with Gasteiger partial charge in [-0.1, -0.05) is 60.1 Å². The Kier molecular flexibility index (Phi) is 7.64. The van der Waals surface area contributed by atoms with Gasteiger partial charge in [0.05, 0.1) is 26.1 Å². The number of aromatic hydroxyl groups is 1. The van der Waals surface area contributed by atoms with E-state index >= 15 is 0 Å². The van der Waals surface area contributed by atoms with Crippen molar-refractivity contribution in [3.63, 3.8) is 0 Å². The van der Waals surface area contributed by atoms with Crippen LogP contribution in [-0.2, 0) is 11.3 Å². The Labute approximate surface area is 216 Å². The Morgan fingerprint density at radius 3 is 2.43 bits per heavy atom. The van der Waals surface area contributed by atoms with Crippen LogP contribution < -0.4 is 20.9 Å². The van der Waals surface area contributed by atoms with Crippen LogP contribution in [0.1, 0.15) is 23.6 Å². The highest BCUT2D eigenvalue weighted by atomic mass is 35.5. The molecule has 1 atom stereocenters. The molecule has 4 N–H and O–H groups in total. The molecule has 1 unspecified atom stereocenters. The van der Waals surface area contributed by atoms with Gasteiger partial charge in [-0.05, 0) is 34.7 Å². The molecule has 190 valence electrons. The molecule has 0 fully saturated rings. The smallest absolute Gasteiger partial charge is 0.319 e. The van der Waals surface area contributed by atoms with Gasteiger partial charge in [0.2, 0.25) is 0 Å². The van der Waals surface area contributed by atoms with Crippen molar-refractivity contribution in [2.75, 3.05) is 12.4 Å². The number of aromatic nitrogens is 1. The minimum absolute atomic E-state index is 0.120. The number of pyridine rings is 1. The Bertz CT molecular complexity index is 1530. The van der Waals surface area contributed by atoms with Crippen molar-refractivity contribution in [2.45, 2.75) is 19.0 Å². The lowest BCUT2D eigenvalue weighted by Crippen LogP contribution is -2.36. The van der Waals surface area contributed by atoms with Gasteiger partial charge in [0.25, 0.3) is 5.56 Å². The Morgan fingerprint density at radius 2 is 1.73 bits per heavy atom. The molecule has 0 spiro atoms. The number of fused-ring (bicyclic) bond motifs is 1. The zero-order valence-corrected chi connectivity index (χ0v) is 20.5. The first-order valence-corrected chi connectivity index (χ1v) is 11.7. The number of nitrogens with zero attached hydrogens (tertiary/aromatic N) is 1. The van der Waals surface area contributed by atoms with Gasteiger partial charge in [-0.3, -0.25) is 9.59 Å². The van der Waals surface area contributed by atoms with E-state index in [1.807, 2.05) is 12.1 Å². The molecule has 0 saturated heterocycles. The summed E-state index contributed by atoms with van der Waals surface area (Å²) in [6.45, 7) is 0.120. The van der Waals surface area contributed by atoms with Gasteiger partial charge in [0.15, 0.2) is 5.69 Å². The molecule has 0 aliphatic rings. The van der Waals surface area contributed by atoms with E-state index in [9.17, 15) is 24.6 Å². The number of carboxylic acid groups (broad SMARTS) is 1. The number of ether oxygens (including phenoxy) is 1. The van der Waals surface area contributed by atoms with Gasteiger partial charge in [-0.2, -0.15) is 0 Å². The maximum Gasteiger partial charge on any atom is 0.319 e. The lowest BCUT2D eigenvalue weighted by atomic mass is 9.96. The zero-order valence-electron chi connectivity index (χ0n) is 19.8. The predicted octanol–water partition coefficient (Wildman–Crippen LogP) is 4.75. The summed E-state index contributed by atoms with van der Waals surface area (Å²) in [5, 5.41) is 26.7. The molecule has 0 aliphatic carbocycles. The van der Waals surface area contributed by atoms with E-state index in [-0.39, 0.29) is 12.2 Å². The average Bonchev–Trinajstić information content (AvgIpc) is 2.88. The molecule has 4 aromatic rings. The van der Waals surface area contributed by atoms with Crippen LogP contribution in [0.5, 0.6) is 11.5 Å². The number of amides is 2. The molecule has 2 amide bonds. The molecule has 0 saturated carbocycles. The number of urea groups is 1. The minimum atomic E-state index is -1.13. The van der Waals surface area contributed by atoms with Crippen LogP contribution in [0.3, 0.4) is 0 Å². The predicted molar refractivity (Wildman–Crippen MR) is 141 cm³/mol. The van der Waals surface area contributed by atoms with Gasteiger partial charge in [-0.25, -0.2) is 4.79 Å². The molecule has 37 heavy (non-hydrogen) atoms. The topological polar surface area (TPSA) is 130 Å². The first kappa shape index (κ1) is 25.6. The summed E-state index contributed by atoms with van der Waals surface area (Å²) in [5.74, 6) is -0.957. The lowest BCUT2D eigenvalue weighted by molar-refractivity contribution is -0.137. The first-order chi connectivity index (χ1) is 17.8.